The molecule has 0 saturated carbocycles. The largest absolute Gasteiger partial charge is 0.310 e. The van der Waals surface area contributed by atoms with Gasteiger partial charge in [0.05, 0.1) is 0 Å². The molecule has 0 aliphatic rings. The molecule has 2 N–H and O–H groups in total. The summed E-state index contributed by atoms with van der Waals surface area (Å²) in [6.45, 7) is 9.24. The highest BCUT2D eigenvalue weighted by Gasteiger charge is 2.22. The third-order valence-electron chi connectivity index (χ3n) is 3.25. The van der Waals surface area contributed by atoms with Crippen LogP contribution in [0.15, 0.2) is 10.3 Å². The van der Waals surface area contributed by atoms with Gasteiger partial charge in [-0.3, -0.25) is 0 Å². The predicted molar refractivity (Wildman–Crippen MR) is 90.4 cm³/mol. The molecule has 122 valence electrons. The van der Waals surface area contributed by atoms with E-state index >= 15 is 0 Å². The highest BCUT2D eigenvalue weighted by Crippen LogP contribution is 2.26. The summed E-state index contributed by atoms with van der Waals surface area (Å²) in [5.41, 5.74) is 0.835. The standard InChI is InChI=1S/C15H28N2O2S2/c1-5-6-7-8-9-17-21(18,19)15-13(4)11-20-14(15)10-16-12(2)3/h11-12,16-17H,5-10H2,1-4H3. The van der Waals surface area contributed by atoms with Crippen molar-refractivity contribution in [1.82, 2.24) is 10.0 Å². The smallest absolute Gasteiger partial charge is 0.241 e. The summed E-state index contributed by atoms with van der Waals surface area (Å²) in [7, 11) is -3.39. The molecule has 1 aromatic heterocycles. The molecule has 0 bridgehead atoms. The lowest BCUT2D eigenvalue weighted by Crippen LogP contribution is -2.27. The summed E-state index contributed by atoms with van der Waals surface area (Å²) in [6.07, 6.45) is 4.28. The number of hydrogen-bond acceptors (Lipinski definition) is 4. The molecule has 1 heterocycles. The van der Waals surface area contributed by atoms with Gasteiger partial charge in [-0.1, -0.05) is 40.0 Å². The van der Waals surface area contributed by atoms with Crippen molar-refractivity contribution in [1.29, 1.82) is 0 Å². The second kappa shape index (κ2) is 8.88. The molecular formula is C15H28N2O2S2. The Hall–Kier alpha value is -0.430. The predicted octanol–water partition coefficient (Wildman–Crippen LogP) is 3.41. The van der Waals surface area contributed by atoms with E-state index in [0.29, 0.717) is 24.0 Å². The van der Waals surface area contributed by atoms with E-state index in [1.165, 1.54) is 11.3 Å². The lowest BCUT2D eigenvalue weighted by atomic mass is 10.2. The number of unbranched alkanes of at least 4 members (excludes halogenated alkanes) is 3. The van der Waals surface area contributed by atoms with Crippen LogP contribution in [0.4, 0.5) is 0 Å². The molecule has 0 aliphatic heterocycles. The van der Waals surface area contributed by atoms with Crippen LogP contribution in [0.3, 0.4) is 0 Å². The van der Waals surface area contributed by atoms with Gasteiger partial charge in [0.15, 0.2) is 0 Å². The molecule has 4 nitrogen and oxygen atoms in total. The number of nitrogens with one attached hydrogen (secondary N) is 2. The van der Waals surface area contributed by atoms with Gasteiger partial charge >= 0.3 is 0 Å². The van der Waals surface area contributed by atoms with Gasteiger partial charge < -0.3 is 5.32 Å². The van der Waals surface area contributed by atoms with Crippen LogP contribution in [0.5, 0.6) is 0 Å². The van der Waals surface area contributed by atoms with E-state index in [4.69, 9.17) is 0 Å². The van der Waals surface area contributed by atoms with Crippen LogP contribution >= 0.6 is 11.3 Å². The van der Waals surface area contributed by atoms with Crippen molar-refractivity contribution < 1.29 is 8.42 Å². The Bertz CT molecular complexity index is 522. The molecule has 0 unspecified atom stereocenters. The summed E-state index contributed by atoms with van der Waals surface area (Å²) < 4.78 is 27.7. The minimum absolute atomic E-state index is 0.338. The lowest BCUT2D eigenvalue weighted by Gasteiger charge is -2.11. The van der Waals surface area contributed by atoms with Crippen LogP contribution in [-0.4, -0.2) is 21.0 Å². The Labute approximate surface area is 133 Å². The first-order chi connectivity index (χ1) is 9.88. The summed E-state index contributed by atoms with van der Waals surface area (Å²) in [5, 5.41) is 5.21. The normalized spacial score (nSPS) is 12.2. The Balaban J connectivity index is 2.71. The molecular weight excluding hydrogens is 304 g/mol. The van der Waals surface area contributed by atoms with Crippen LogP contribution in [0, 0.1) is 6.92 Å². The summed E-state index contributed by atoms with van der Waals surface area (Å²) in [5.74, 6) is 0. The van der Waals surface area contributed by atoms with Crippen molar-refractivity contribution in [2.45, 2.75) is 70.9 Å². The first-order valence-corrected chi connectivity index (χ1v) is 10.0. The van der Waals surface area contributed by atoms with Gasteiger partial charge in [-0.15, -0.1) is 11.3 Å². The molecule has 0 aromatic carbocycles. The molecule has 6 heteroatoms. The lowest BCUT2D eigenvalue weighted by molar-refractivity contribution is 0.565. The SMILES string of the molecule is CCCCCCNS(=O)(=O)c1c(C)csc1CNC(C)C. The van der Waals surface area contributed by atoms with Gasteiger partial charge in [-0.25, -0.2) is 13.1 Å². The maximum atomic E-state index is 12.5. The van der Waals surface area contributed by atoms with E-state index in [0.717, 1.165) is 36.1 Å². The maximum Gasteiger partial charge on any atom is 0.241 e. The van der Waals surface area contributed by atoms with Crippen molar-refractivity contribution in [3.63, 3.8) is 0 Å². The minimum atomic E-state index is -3.39. The number of rotatable bonds is 10. The minimum Gasteiger partial charge on any atom is -0.310 e. The quantitative estimate of drug-likeness (QED) is 0.646. The van der Waals surface area contributed by atoms with Crippen molar-refractivity contribution in [2.75, 3.05) is 6.54 Å². The van der Waals surface area contributed by atoms with E-state index in [9.17, 15) is 8.42 Å². The highest BCUT2D eigenvalue weighted by atomic mass is 32.2. The Morgan fingerprint density at radius 2 is 1.95 bits per heavy atom. The van der Waals surface area contributed by atoms with Crippen molar-refractivity contribution in [2.24, 2.45) is 0 Å². The molecule has 1 rings (SSSR count). The highest BCUT2D eigenvalue weighted by molar-refractivity contribution is 7.89. The first kappa shape index (κ1) is 18.6. The number of hydrogen-bond donors (Lipinski definition) is 2. The maximum absolute atomic E-state index is 12.5. The van der Waals surface area contributed by atoms with E-state index < -0.39 is 10.0 Å². The van der Waals surface area contributed by atoms with Gasteiger partial charge in [-0.2, -0.15) is 0 Å². The fourth-order valence-electron chi connectivity index (χ4n) is 2.10. The van der Waals surface area contributed by atoms with E-state index in [1.807, 2.05) is 12.3 Å². The van der Waals surface area contributed by atoms with Gasteiger partial charge in [-0.05, 0) is 24.3 Å². The Kier molecular flexibility index (Phi) is 7.87. The zero-order valence-electron chi connectivity index (χ0n) is 13.5. The fraction of sp³-hybridized carbons (Fsp3) is 0.733. The van der Waals surface area contributed by atoms with E-state index in [1.54, 1.807) is 0 Å². The fourth-order valence-corrected chi connectivity index (χ4v) is 4.93. The first-order valence-electron chi connectivity index (χ1n) is 7.68. The van der Waals surface area contributed by atoms with Crippen LogP contribution in [0.1, 0.15) is 56.9 Å². The molecule has 0 atom stereocenters. The van der Waals surface area contributed by atoms with Crippen LogP contribution in [0.2, 0.25) is 0 Å². The Morgan fingerprint density at radius 3 is 2.57 bits per heavy atom. The van der Waals surface area contributed by atoms with Crippen molar-refractivity contribution >= 4 is 21.4 Å². The number of aryl methyl sites for hydroxylation is 1. The number of sulfonamides is 1. The van der Waals surface area contributed by atoms with Gasteiger partial charge in [0.25, 0.3) is 0 Å². The van der Waals surface area contributed by atoms with Crippen LogP contribution < -0.4 is 10.0 Å². The average Bonchev–Trinajstić information content (AvgIpc) is 2.78. The summed E-state index contributed by atoms with van der Waals surface area (Å²) >= 11 is 1.51. The zero-order valence-corrected chi connectivity index (χ0v) is 15.2. The number of thiophene rings is 1. The van der Waals surface area contributed by atoms with Crippen LogP contribution in [0.25, 0.3) is 0 Å². The molecule has 21 heavy (non-hydrogen) atoms. The van der Waals surface area contributed by atoms with E-state index in [-0.39, 0.29) is 0 Å². The molecule has 0 saturated heterocycles. The van der Waals surface area contributed by atoms with Gasteiger partial charge in [0.1, 0.15) is 4.90 Å². The van der Waals surface area contributed by atoms with Crippen LogP contribution in [-0.2, 0) is 16.6 Å². The third-order valence-corrected chi connectivity index (χ3v) is 6.17. The van der Waals surface area contributed by atoms with E-state index in [2.05, 4.69) is 30.8 Å². The summed E-state index contributed by atoms with van der Waals surface area (Å²) in [4.78, 5) is 1.36. The molecule has 1 aromatic rings. The molecule has 0 aliphatic carbocycles. The third kappa shape index (κ3) is 6.06. The Morgan fingerprint density at radius 1 is 1.24 bits per heavy atom. The molecule has 0 radical (unpaired) electrons. The second-order valence-corrected chi connectivity index (χ2v) is 8.33. The summed E-state index contributed by atoms with van der Waals surface area (Å²) in [6, 6.07) is 0.338. The average molecular weight is 333 g/mol. The molecule has 0 fully saturated rings. The monoisotopic (exact) mass is 332 g/mol. The van der Waals surface area contributed by atoms with Gasteiger partial charge in [0.2, 0.25) is 10.0 Å². The van der Waals surface area contributed by atoms with Crippen molar-refractivity contribution in [3.05, 3.63) is 15.8 Å². The topological polar surface area (TPSA) is 58.2 Å². The van der Waals surface area contributed by atoms with Crippen molar-refractivity contribution in [3.8, 4) is 0 Å². The van der Waals surface area contributed by atoms with Gasteiger partial charge in [0, 0.05) is 24.0 Å². The molecule has 0 spiro atoms. The second-order valence-electron chi connectivity index (χ2n) is 5.67. The zero-order chi connectivity index (χ0) is 15.9. The molecule has 0 amide bonds.